The number of H-pyrrole nitrogens is 1. The van der Waals surface area contributed by atoms with Crippen LogP contribution in [-0.4, -0.2) is 54.0 Å². The zero-order valence-electron chi connectivity index (χ0n) is 13.8. The van der Waals surface area contributed by atoms with Crippen LogP contribution in [0.15, 0.2) is 42.7 Å². The van der Waals surface area contributed by atoms with Gasteiger partial charge in [-0.15, -0.1) is 0 Å². The van der Waals surface area contributed by atoms with E-state index >= 15 is 0 Å². The van der Waals surface area contributed by atoms with Crippen molar-refractivity contribution in [1.82, 2.24) is 30.1 Å². The predicted octanol–water partition coefficient (Wildman–Crippen LogP) is 2.14. The van der Waals surface area contributed by atoms with Crippen molar-refractivity contribution in [3.8, 4) is 11.3 Å². The van der Waals surface area contributed by atoms with Gasteiger partial charge in [0.05, 0.1) is 12.2 Å². The summed E-state index contributed by atoms with van der Waals surface area (Å²) in [6.07, 6.45) is 3.80. The number of aryl methyl sites for hydroxylation is 1. The number of carbonyl (C=O) groups is 1. The number of nitrogens with one attached hydrogen (secondary N) is 1. The van der Waals surface area contributed by atoms with Gasteiger partial charge in [-0.25, -0.2) is 0 Å². The highest BCUT2D eigenvalue weighted by molar-refractivity contribution is 7.99. The molecular formula is C17H18N6OS. The van der Waals surface area contributed by atoms with Gasteiger partial charge in [0.1, 0.15) is 5.69 Å². The van der Waals surface area contributed by atoms with Crippen LogP contribution in [0.1, 0.15) is 22.1 Å². The fourth-order valence-electron chi connectivity index (χ4n) is 3.05. The SMILES string of the molecule is Cn1cc(C2CSCCN2C(=O)c2n[nH]nc2-c2ccccc2)cn1. The molecular weight excluding hydrogens is 336 g/mol. The smallest absolute Gasteiger partial charge is 0.277 e. The quantitative estimate of drug-likeness (QED) is 0.779. The van der Waals surface area contributed by atoms with Gasteiger partial charge in [0.15, 0.2) is 5.69 Å². The maximum Gasteiger partial charge on any atom is 0.277 e. The number of thioether (sulfide) groups is 1. The number of nitrogens with zero attached hydrogens (tertiary/aromatic N) is 5. The standard InChI is InChI=1S/C17H18N6OS/c1-22-10-13(9-18-22)14-11-25-8-7-23(14)17(24)16-15(19-21-20-16)12-5-3-2-4-6-12/h2-6,9-10,14H,7-8,11H2,1H3,(H,19,20,21). The molecule has 1 N–H and O–H groups in total. The Labute approximate surface area is 149 Å². The van der Waals surface area contributed by atoms with Crippen LogP contribution in [0.25, 0.3) is 11.3 Å². The highest BCUT2D eigenvalue weighted by Crippen LogP contribution is 2.31. The lowest BCUT2D eigenvalue weighted by Gasteiger charge is -2.34. The molecule has 0 saturated carbocycles. The Bertz CT molecular complexity index is 874. The molecule has 1 saturated heterocycles. The summed E-state index contributed by atoms with van der Waals surface area (Å²) in [5.74, 6) is 1.68. The number of benzene rings is 1. The van der Waals surface area contributed by atoms with Gasteiger partial charge >= 0.3 is 0 Å². The van der Waals surface area contributed by atoms with Gasteiger partial charge in [0.25, 0.3) is 5.91 Å². The van der Waals surface area contributed by atoms with E-state index in [0.717, 1.165) is 22.6 Å². The van der Waals surface area contributed by atoms with Gasteiger partial charge in [0, 0.05) is 42.4 Å². The van der Waals surface area contributed by atoms with E-state index in [2.05, 4.69) is 20.5 Å². The van der Waals surface area contributed by atoms with Crippen LogP contribution < -0.4 is 0 Å². The summed E-state index contributed by atoms with van der Waals surface area (Å²) < 4.78 is 1.77. The first-order chi connectivity index (χ1) is 12.2. The Kier molecular flexibility index (Phi) is 4.27. The van der Waals surface area contributed by atoms with Crippen LogP contribution >= 0.6 is 11.8 Å². The van der Waals surface area contributed by atoms with Gasteiger partial charge < -0.3 is 4.90 Å². The number of aromatic amines is 1. The molecule has 3 heterocycles. The Morgan fingerprint density at radius 3 is 2.88 bits per heavy atom. The van der Waals surface area contributed by atoms with Gasteiger partial charge in [-0.05, 0) is 0 Å². The van der Waals surface area contributed by atoms with E-state index in [9.17, 15) is 4.79 Å². The number of amides is 1. The number of aromatic nitrogens is 5. The summed E-state index contributed by atoms with van der Waals surface area (Å²) in [7, 11) is 1.89. The van der Waals surface area contributed by atoms with Crippen molar-refractivity contribution in [3.63, 3.8) is 0 Å². The molecule has 0 aliphatic carbocycles. The maximum atomic E-state index is 13.2. The average molecular weight is 354 g/mol. The molecule has 0 radical (unpaired) electrons. The average Bonchev–Trinajstić information content (AvgIpc) is 3.31. The summed E-state index contributed by atoms with van der Waals surface area (Å²) in [5.41, 5.74) is 2.89. The summed E-state index contributed by atoms with van der Waals surface area (Å²) in [5, 5.41) is 15.2. The molecule has 1 aliphatic rings. The summed E-state index contributed by atoms with van der Waals surface area (Å²) in [4.78, 5) is 15.1. The molecule has 1 unspecified atom stereocenters. The molecule has 3 aromatic rings. The second-order valence-corrected chi connectivity index (χ2v) is 7.07. The third kappa shape index (κ3) is 3.05. The number of carbonyl (C=O) groups excluding carboxylic acids is 1. The topological polar surface area (TPSA) is 79.7 Å². The molecule has 25 heavy (non-hydrogen) atoms. The van der Waals surface area contributed by atoms with Crippen LogP contribution in [0.4, 0.5) is 0 Å². The lowest BCUT2D eigenvalue weighted by atomic mass is 10.1. The van der Waals surface area contributed by atoms with E-state index in [1.807, 2.05) is 66.4 Å². The number of hydrogen-bond donors (Lipinski definition) is 1. The van der Waals surface area contributed by atoms with Crippen molar-refractivity contribution in [2.45, 2.75) is 6.04 Å². The van der Waals surface area contributed by atoms with Crippen molar-refractivity contribution in [1.29, 1.82) is 0 Å². The lowest BCUT2D eigenvalue weighted by Crippen LogP contribution is -2.41. The van der Waals surface area contributed by atoms with E-state index in [1.54, 1.807) is 4.68 Å². The fraction of sp³-hybridized carbons (Fsp3) is 0.294. The van der Waals surface area contributed by atoms with E-state index in [0.29, 0.717) is 17.9 Å². The van der Waals surface area contributed by atoms with Crippen LogP contribution in [0, 0.1) is 0 Å². The molecule has 1 fully saturated rings. The van der Waals surface area contributed by atoms with Gasteiger partial charge in [-0.3, -0.25) is 9.48 Å². The summed E-state index contributed by atoms with van der Waals surface area (Å²) in [6, 6.07) is 9.65. The molecule has 0 spiro atoms. The monoisotopic (exact) mass is 354 g/mol. The van der Waals surface area contributed by atoms with Crippen molar-refractivity contribution in [3.05, 3.63) is 54.0 Å². The Hall–Kier alpha value is -2.61. The number of hydrogen-bond acceptors (Lipinski definition) is 5. The van der Waals surface area contributed by atoms with Crippen molar-refractivity contribution in [2.24, 2.45) is 7.05 Å². The molecule has 1 aliphatic heterocycles. The van der Waals surface area contributed by atoms with E-state index < -0.39 is 0 Å². The lowest BCUT2D eigenvalue weighted by molar-refractivity contribution is 0.0696. The third-order valence-electron chi connectivity index (χ3n) is 4.30. The first kappa shape index (κ1) is 15.9. The minimum Gasteiger partial charge on any atom is -0.328 e. The van der Waals surface area contributed by atoms with Crippen LogP contribution in [0.3, 0.4) is 0 Å². The van der Waals surface area contributed by atoms with Gasteiger partial charge in [-0.1, -0.05) is 30.3 Å². The minimum atomic E-state index is -0.0956. The van der Waals surface area contributed by atoms with Crippen molar-refractivity contribution in [2.75, 3.05) is 18.1 Å². The van der Waals surface area contributed by atoms with Crippen LogP contribution in [0.5, 0.6) is 0 Å². The second kappa shape index (κ2) is 6.72. The Morgan fingerprint density at radius 2 is 2.12 bits per heavy atom. The highest BCUT2D eigenvalue weighted by Gasteiger charge is 2.32. The van der Waals surface area contributed by atoms with E-state index in [1.165, 1.54) is 0 Å². The third-order valence-corrected chi connectivity index (χ3v) is 5.32. The van der Waals surface area contributed by atoms with Gasteiger partial charge in [-0.2, -0.15) is 32.3 Å². The predicted molar refractivity (Wildman–Crippen MR) is 96.1 cm³/mol. The molecule has 8 heteroatoms. The summed E-state index contributed by atoms with van der Waals surface area (Å²) >= 11 is 1.85. The highest BCUT2D eigenvalue weighted by atomic mass is 32.2. The largest absolute Gasteiger partial charge is 0.328 e. The van der Waals surface area contributed by atoms with E-state index in [4.69, 9.17) is 0 Å². The number of rotatable bonds is 3. The first-order valence-corrected chi connectivity index (χ1v) is 9.23. The molecule has 1 aromatic carbocycles. The molecule has 4 rings (SSSR count). The summed E-state index contributed by atoms with van der Waals surface area (Å²) in [6.45, 7) is 0.685. The molecule has 0 bridgehead atoms. The zero-order valence-corrected chi connectivity index (χ0v) is 14.6. The molecule has 7 nitrogen and oxygen atoms in total. The first-order valence-electron chi connectivity index (χ1n) is 8.07. The van der Waals surface area contributed by atoms with Crippen molar-refractivity contribution >= 4 is 17.7 Å². The molecule has 128 valence electrons. The minimum absolute atomic E-state index is 0.000253. The maximum absolute atomic E-state index is 13.2. The molecule has 1 amide bonds. The second-order valence-electron chi connectivity index (χ2n) is 5.92. The molecule has 1 atom stereocenters. The van der Waals surface area contributed by atoms with Gasteiger partial charge in [0.2, 0.25) is 0 Å². The molecule has 2 aromatic heterocycles. The normalized spacial score (nSPS) is 17.6. The van der Waals surface area contributed by atoms with Crippen molar-refractivity contribution < 1.29 is 4.79 Å². The Balaban J connectivity index is 1.67. The fourth-order valence-corrected chi connectivity index (χ4v) is 4.14. The Morgan fingerprint density at radius 1 is 1.28 bits per heavy atom. The van der Waals surface area contributed by atoms with Crippen LogP contribution in [-0.2, 0) is 7.05 Å². The van der Waals surface area contributed by atoms with E-state index in [-0.39, 0.29) is 11.9 Å². The zero-order chi connectivity index (χ0) is 17.2. The van der Waals surface area contributed by atoms with Crippen LogP contribution in [0.2, 0.25) is 0 Å².